The van der Waals surface area contributed by atoms with E-state index in [1.54, 1.807) is 0 Å². The van der Waals surface area contributed by atoms with Crippen LogP contribution in [0.4, 0.5) is 5.88 Å². The highest BCUT2D eigenvalue weighted by Gasteiger charge is 2.26. The molecule has 0 fully saturated rings. The summed E-state index contributed by atoms with van der Waals surface area (Å²) in [6, 6.07) is 15.0. The minimum Gasteiger partial charge on any atom is -0.400 e. The molecule has 0 bridgehead atoms. The monoisotopic (exact) mass is 399 g/mol. The van der Waals surface area contributed by atoms with Crippen molar-refractivity contribution in [2.45, 2.75) is 13.5 Å². The van der Waals surface area contributed by atoms with Crippen molar-refractivity contribution in [2.24, 2.45) is 5.73 Å². The Balaban J connectivity index is 0.00000151. The molecule has 0 atom stereocenters. The average molecular weight is 400 g/mol. The molecule has 2 aromatic carbocycles. The molecule has 0 spiro atoms. The van der Waals surface area contributed by atoms with E-state index in [-0.39, 0.29) is 30.7 Å². The van der Waals surface area contributed by atoms with Crippen LogP contribution in [0.5, 0.6) is 0 Å². The van der Waals surface area contributed by atoms with Crippen molar-refractivity contribution in [3.05, 3.63) is 64.2 Å². The van der Waals surface area contributed by atoms with Gasteiger partial charge >= 0.3 is 5.88 Å². The predicted molar refractivity (Wildman–Crippen MR) is 110 cm³/mol. The molecule has 0 aliphatic carbocycles. The Hall–Kier alpha value is -2.12. The fraction of sp³-hybridized carbons (Fsp3) is 0.222. The van der Waals surface area contributed by atoms with Crippen molar-refractivity contribution in [3.63, 3.8) is 0 Å². The number of benzene rings is 2. The molecule has 0 saturated heterocycles. The average Bonchev–Trinajstić information content (AvgIpc) is 3.03. The summed E-state index contributed by atoms with van der Waals surface area (Å²) >= 11 is 0. The van der Waals surface area contributed by atoms with E-state index >= 15 is 0 Å². The third kappa shape index (κ3) is 4.95. The lowest BCUT2D eigenvalue weighted by Crippen LogP contribution is -2.11. The molecule has 26 heavy (non-hydrogen) atoms. The molecule has 142 valence electrons. The number of hydrogen-bond donors (Lipinski definition) is 2. The van der Waals surface area contributed by atoms with Gasteiger partial charge < -0.3 is 15.5 Å². The van der Waals surface area contributed by atoms with Crippen LogP contribution in [0.3, 0.4) is 0 Å². The lowest BCUT2D eigenvalue weighted by atomic mass is 10.0. The fourth-order valence-electron chi connectivity index (χ4n) is 2.58. The molecule has 3 aromatic rings. The van der Waals surface area contributed by atoms with Gasteiger partial charge in [-0.05, 0) is 19.2 Å². The van der Waals surface area contributed by atoms with Crippen LogP contribution in [-0.2, 0) is 6.54 Å². The van der Waals surface area contributed by atoms with Crippen LogP contribution in [-0.4, -0.2) is 18.5 Å². The maximum Gasteiger partial charge on any atom is 0.442 e. The summed E-state index contributed by atoms with van der Waals surface area (Å²) in [5.74, 6) is -0.204. The van der Waals surface area contributed by atoms with E-state index in [0.29, 0.717) is 17.7 Å². The number of nitrogens with zero attached hydrogens (tertiary/aromatic N) is 1. The maximum atomic E-state index is 11.4. The molecule has 0 aliphatic heterocycles. The molecule has 0 aliphatic rings. The molecule has 0 unspecified atom stereocenters. The van der Waals surface area contributed by atoms with Gasteiger partial charge in [-0.2, -0.15) is 0 Å². The van der Waals surface area contributed by atoms with Crippen LogP contribution < -0.4 is 11.1 Å². The lowest BCUT2D eigenvalue weighted by molar-refractivity contribution is -0.400. The number of para-hydroxylation sites is 1. The summed E-state index contributed by atoms with van der Waals surface area (Å²) in [7, 11) is 1.50. The summed E-state index contributed by atoms with van der Waals surface area (Å²) in [4.78, 5) is 10.9. The van der Waals surface area contributed by atoms with E-state index in [2.05, 4.69) is 11.1 Å². The van der Waals surface area contributed by atoms with E-state index in [1.807, 2.05) is 55.5 Å². The first-order chi connectivity index (χ1) is 11.7. The first-order valence-electron chi connectivity index (χ1n) is 7.75. The minimum absolute atomic E-state index is 0. The van der Waals surface area contributed by atoms with Crippen molar-refractivity contribution >= 4 is 41.7 Å². The van der Waals surface area contributed by atoms with Crippen LogP contribution >= 0.6 is 24.8 Å². The van der Waals surface area contributed by atoms with Gasteiger partial charge in [-0.3, -0.25) is 10.1 Å². The summed E-state index contributed by atoms with van der Waals surface area (Å²) in [6.07, 6.45) is 0. The Morgan fingerprint density at radius 1 is 1.08 bits per heavy atom. The molecule has 0 radical (unpaired) electrons. The molecular weight excluding hydrogens is 377 g/mol. The SMILES string of the molecule is CCNCc1cccc2c(-c3ccccc3)c([N+](=O)[O-])oc12.CN.Cl.Cl. The van der Waals surface area contributed by atoms with Crippen LogP contribution in [0.1, 0.15) is 12.5 Å². The largest absolute Gasteiger partial charge is 0.442 e. The maximum absolute atomic E-state index is 11.4. The Morgan fingerprint density at radius 2 is 1.73 bits per heavy atom. The highest BCUT2D eigenvalue weighted by atomic mass is 35.5. The van der Waals surface area contributed by atoms with E-state index in [0.717, 1.165) is 23.1 Å². The van der Waals surface area contributed by atoms with Crippen molar-refractivity contribution in [3.8, 4) is 11.1 Å². The van der Waals surface area contributed by atoms with E-state index in [4.69, 9.17) is 4.42 Å². The zero-order chi connectivity index (χ0) is 17.5. The second-order valence-corrected chi connectivity index (χ2v) is 4.98. The number of nitrogens with two attached hydrogens (primary N) is 1. The summed E-state index contributed by atoms with van der Waals surface area (Å²) in [5, 5.41) is 15.4. The van der Waals surface area contributed by atoms with Gasteiger partial charge in [0.1, 0.15) is 16.1 Å². The topological polar surface area (TPSA) is 94.3 Å². The highest BCUT2D eigenvalue weighted by molar-refractivity contribution is 5.99. The number of hydrogen-bond acceptors (Lipinski definition) is 5. The highest BCUT2D eigenvalue weighted by Crippen LogP contribution is 2.40. The number of nitro groups is 1. The Labute approximate surface area is 164 Å². The second kappa shape index (κ2) is 11.5. The number of halogens is 2. The number of nitrogens with one attached hydrogen (secondary N) is 1. The van der Waals surface area contributed by atoms with Gasteiger partial charge in [0.05, 0.1) is 0 Å². The minimum atomic E-state index is -0.459. The van der Waals surface area contributed by atoms with E-state index < -0.39 is 4.92 Å². The first-order valence-corrected chi connectivity index (χ1v) is 7.75. The fourth-order valence-corrected chi connectivity index (χ4v) is 2.58. The van der Waals surface area contributed by atoms with E-state index in [1.165, 1.54) is 7.05 Å². The molecule has 8 heteroatoms. The van der Waals surface area contributed by atoms with Gasteiger partial charge in [-0.1, -0.05) is 55.5 Å². The standard InChI is InChI=1S/C17H16N2O3.CH5N.2ClH/c1-2-18-11-13-9-6-10-14-15(12-7-4-3-5-8-12)17(19(20)21)22-16(13)14;1-2;;/h3-10,18H,2,11H2,1H3;2H2,1H3;2*1H. The number of rotatable bonds is 5. The Morgan fingerprint density at radius 3 is 2.31 bits per heavy atom. The summed E-state index contributed by atoms with van der Waals surface area (Å²) in [6.45, 7) is 3.46. The van der Waals surface area contributed by atoms with Crippen molar-refractivity contribution in [2.75, 3.05) is 13.6 Å². The predicted octanol–water partition coefficient (Wildman–Crippen LogP) is 4.54. The summed E-state index contributed by atoms with van der Waals surface area (Å²) in [5.41, 5.74) is 7.33. The molecule has 1 heterocycles. The number of furan rings is 1. The zero-order valence-corrected chi connectivity index (χ0v) is 16.2. The molecule has 0 amide bonds. The second-order valence-electron chi connectivity index (χ2n) is 4.98. The van der Waals surface area contributed by atoms with E-state index in [9.17, 15) is 10.1 Å². The number of fused-ring (bicyclic) bond motifs is 1. The first kappa shape index (κ1) is 23.9. The van der Waals surface area contributed by atoms with Crippen LogP contribution in [0.15, 0.2) is 52.9 Å². The van der Waals surface area contributed by atoms with Gasteiger partial charge in [-0.15, -0.1) is 24.8 Å². The van der Waals surface area contributed by atoms with Gasteiger partial charge in [-0.25, -0.2) is 0 Å². The smallest absolute Gasteiger partial charge is 0.400 e. The molecule has 1 aromatic heterocycles. The van der Waals surface area contributed by atoms with Gasteiger partial charge in [0, 0.05) is 17.5 Å². The van der Waals surface area contributed by atoms with Crippen molar-refractivity contribution in [1.29, 1.82) is 0 Å². The normalized spacial score (nSPS) is 9.50. The van der Waals surface area contributed by atoms with Crippen LogP contribution in [0.25, 0.3) is 22.1 Å². The Bertz CT molecular complexity index is 823. The lowest BCUT2D eigenvalue weighted by Gasteiger charge is -2.02. The third-order valence-electron chi connectivity index (χ3n) is 3.57. The van der Waals surface area contributed by atoms with Crippen LogP contribution in [0, 0.1) is 10.1 Å². The molecule has 0 saturated carbocycles. The molecule has 3 N–H and O–H groups in total. The summed E-state index contributed by atoms with van der Waals surface area (Å²) < 4.78 is 5.60. The third-order valence-corrected chi connectivity index (χ3v) is 3.57. The molecule has 6 nitrogen and oxygen atoms in total. The molecular formula is C18H23Cl2N3O3. The van der Waals surface area contributed by atoms with Gasteiger partial charge in [0.15, 0.2) is 0 Å². The quantitative estimate of drug-likeness (QED) is 0.485. The van der Waals surface area contributed by atoms with Crippen molar-refractivity contribution < 1.29 is 9.34 Å². The van der Waals surface area contributed by atoms with Crippen LogP contribution in [0.2, 0.25) is 0 Å². The van der Waals surface area contributed by atoms with Gasteiger partial charge in [0.2, 0.25) is 0 Å². The van der Waals surface area contributed by atoms with Gasteiger partial charge in [0.25, 0.3) is 0 Å². The Kier molecular flexibility index (Phi) is 10.6. The zero-order valence-electron chi connectivity index (χ0n) is 14.6. The molecule has 3 rings (SSSR count). The van der Waals surface area contributed by atoms with Crippen molar-refractivity contribution in [1.82, 2.24) is 5.32 Å².